The molecule has 0 saturated heterocycles. The lowest BCUT2D eigenvalue weighted by atomic mass is 10.1. The van der Waals surface area contributed by atoms with Gasteiger partial charge in [-0.3, -0.25) is 19.7 Å². The van der Waals surface area contributed by atoms with Crippen molar-refractivity contribution in [2.24, 2.45) is 0 Å². The lowest BCUT2D eigenvalue weighted by Gasteiger charge is -2.09. The number of esters is 1. The zero-order valence-electron chi connectivity index (χ0n) is 20.2. The van der Waals surface area contributed by atoms with E-state index in [-0.39, 0.29) is 27.7 Å². The average molecular weight is 508 g/mol. The van der Waals surface area contributed by atoms with Crippen LogP contribution in [0.3, 0.4) is 0 Å². The first kappa shape index (κ1) is 26.3. The Kier molecular flexibility index (Phi) is 8.34. The topological polar surface area (TPSA) is 128 Å². The number of thiophene rings is 1. The second kappa shape index (κ2) is 11.4. The minimum atomic E-state index is -0.647. The normalized spacial score (nSPS) is 10.8. The van der Waals surface area contributed by atoms with Crippen LogP contribution in [0.15, 0.2) is 48.5 Å². The molecule has 3 rings (SSSR count). The molecule has 0 bridgehead atoms. The SMILES string of the molecule is CCOC(=O)c1c(NC(=O)/C=C/c2ccc([N+](=O)[O-])cc2)sc(C(=O)Nc2ccc(C)cc2C)c1C. The number of hydrogen-bond acceptors (Lipinski definition) is 7. The number of benzene rings is 2. The molecule has 0 aliphatic heterocycles. The number of nitrogens with zero attached hydrogens (tertiary/aromatic N) is 1. The number of hydrogen-bond donors (Lipinski definition) is 2. The summed E-state index contributed by atoms with van der Waals surface area (Å²) in [5, 5.41) is 16.5. The predicted octanol–water partition coefficient (Wildman–Crippen LogP) is 5.66. The van der Waals surface area contributed by atoms with Gasteiger partial charge in [0.1, 0.15) is 5.00 Å². The summed E-state index contributed by atoms with van der Waals surface area (Å²) in [5.41, 5.74) is 3.64. The maximum Gasteiger partial charge on any atom is 0.341 e. The standard InChI is InChI=1S/C26H25N3O6S/c1-5-35-26(32)22-17(4)23(24(31)27-20-12-6-15(2)14-16(20)3)36-25(22)28-21(30)13-9-18-7-10-19(11-8-18)29(33)34/h6-14H,5H2,1-4H3,(H,27,31)(H,28,30)/b13-9+. The van der Waals surface area contributed by atoms with Crippen LogP contribution in [0, 0.1) is 30.9 Å². The molecular formula is C26H25N3O6S. The predicted molar refractivity (Wildman–Crippen MR) is 140 cm³/mol. The Morgan fingerprint density at radius 2 is 1.75 bits per heavy atom. The molecule has 0 atom stereocenters. The maximum atomic E-state index is 13.1. The molecule has 0 aliphatic carbocycles. The van der Waals surface area contributed by atoms with E-state index in [0.29, 0.717) is 16.8 Å². The van der Waals surface area contributed by atoms with Crippen molar-refractivity contribution >= 4 is 51.6 Å². The number of nitro groups is 1. The summed E-state index contributed by atoms with van der Waals surface area (Å²) < 4.78 is 5.15. The van der Waals surface area contributed by atoms with Gasteiger partial charge >= 0.3 is 5.97 Å². The Labute approximate surface area is 211 Å². The van der Waals surface area contributed by atoms with E-state index in [2.05, 4.69) is 10.6 Å². The summed E-state index contributed by atoms with van der Waals surface area (Å²) >= 11 is 0.978. The summed E-state index contributed by atoms with van der Waals surface area (Å²) in [6.07, 6.45) is 2.72. The number of carbonyl (C=O) groups excluding carboxylic acids is 3. The van der Waals surface area contributed by atoms with Gasteiger partial charge in [0.05, 0.1) is 22.0 Å². The zero-order chi connectivity index (χ0) is 26.4. The van der Waals surface area contributed by atoms with Crippen LogP contribution in [0.1, 0.15) is 49.2 Å². The van der Waals surface area contributed by atoms with Gasteiger partial charge in [-0.2, -0.15) is 0 Å². The molecule has 9 nitrogen and oxygen atoms in total. The van der Waals surface area contributed by atoms with Gasteiger partial charge in [-0.05, 0) is 68.7 Å². The molecule has 0 spiro atoms. The molecule has 0 unspecified atom stereocenters. The Balaban J connectivity index is 1.85. The van der Waals surface area contributed by atoms with E-state index in [0.717, 1.165) is 22.5 Å². The van der Waals surface area contributed by atoms with E-state index in [9.17, 15) is 24.5 Å². The molecule has 10 heteroatoms. The quantitative estimate of drug-likeness (QED) is 0.175. The van der Waals surface area contributed by atoms with Gasteiger partial charge in [-0.1, -0.05) is 17.7 Å². The number of carbonyl (C=O) groups is 3. The molecule has 1 heterocycles. The third-order valence-electron chi connectivity index (χ3n) is 5.23. The van der Waals surface area contributed by atoms with Gasteiger partial charge in [-0.25, -0.2) is 4.79 Å². The van der Waals surface area contributed by atoms with Gasteiger partial charge in [-0.15, -0.1) is 11.3 Å². The first-order valence-electron chi connectivity index (χ1n) is 11.0. The van der Waals surface area contributed by atoms with Crippen molar-refractivity contribution in [2.45, 2.75) is 27.7 Å². The lowest BCUT2D eigenvalue weighted by Crippen LogP contribution is -2.14. The van der Waals surface area contributed by atoms with Gasteiger partial charge in [0.15, 0.2) is 0 Å². The highest BCUT2D eigenvalue weighted by Crippen LogP contribution is 2.34. The number of nitro benzene ring substituents is 1. The van der Waals surface area contributed by atoms with Crippen LogP contribution in [0.2, 0.25) is 0 Å². The van der Waals surface area contributed by atoms with Gasteiger partial charge in [0, 0.05) is 23.9 Å². The van der Waals surface area contributed by atoms with E-state index < -0.39 is 22.7 Å². The van der Waals surface area contributed by atoms with Crippen molar-refractivity contribution in [3.05, 3.63) is 91.3 Å². The second-order valence-corrected chi connectivity index (χ2v) is 8.95. The fraction of sp³-hybridized carbons (Fsp3) is 0.192. The summed E-state index contributed by atoms with van der Waals surface area (Å²) in [5.74, 6) is -1.59. The van der Waals surface area contributed by atoms with Gasteiger partial charge in [0.25, 0.3) is 11.6 Å². The smallest absolute Gasteiger partial charge is 0.341 e. The van der Waals surface area contributed by atoms with Crippen LogP contribution < -0.4 is 10.6 Å². The Bertz CT molecular complexity index is 1360. The third-order valence-corrected chi connectivity index (χ3v) is 6.44. The number of ether oxygens (including phenoxy) is 1. The van der Waals surface area contributed by atoms with Crippen LogP contribution in [-0.2, 0) is 9.53 Å². The number of amides is 2. The zero-order valence-corrected chi connectivity index (χ0v) is 21.0. The van der Waals surface area contributed by atoms with E-state index in [1.807, 2.05) is 32.0 Å². The Hall–Kier alpha value is -4.31. The molecule has 0 radical (unpaired) electrons. The molecule has 0 fully saturated rings. The maximum absolute atomic E-state index is 13.1. The van der Waals surface area contributed by atoms with Gasteiger partial charge in [0.2, 0.25) is 5.91 Å². The minimum Gasteiger partial charge on any atom is -0.462 e. The van der Waals surface area contributed by atoms with Crippen LogP contribution in [0.5, 0.6) is 0 Å². The van der Waals surface area contributed by atoms with Crippen molar-refractivity contribution in [3.63, 3.8) is 0 Å². The molecule has 0 aliphatic rings. The van der Waals surface area contributed by atoms with E-state index in [1.165, 1.54) is 36.4 Å². The number of nitrogens with one attached hydrogen (secondary N) is 2. The summed E-state index contributed by atoms with van der Waals surface area (Å²) in [6.45, 7) is 7.27. The second-order valence-electron chi connectivity index (χ2n) is 7.92. The summed E-state index contributed by atoms with van der Waals surface area (Å²) in [6, 6.07) is 11.3. The van der Waals surface area contributed by atoms with Crippen molar-refractivity contribution in [1.82, 2.24) is 0 Å². The monoisotopic (exact) mass is 507 g/mol. The molecule has 0 saturated carbocycles. The van der Waals surface area contributed by atoms with E-state index in [1.54, 1.807) is 13.8 Å². The van der Waals surface area contributed by atoms with Crippen molar-refractivity contribution in [2.75, 3.05) is 17.2 Å². The van der Waals surface area contributed by atoms with Crippen LogP contribution in [0.25, 0.3) is 6.08 Å². The molecule has 2 N–H and O–H groups in total. The summed E-state index contributed by atoms with van der Waals surface area (Å²) in [4.78, 5) is 48.9. The third kappa shape index (κ3) is 6.22. The molecule has 36 heavy (non-hydrogen) atoms. The molecule has 1 aromatic heterocycles. The molecule has 2 amide bonds. The van der Waals surface area contributed by atoms with Crippen LogP contribution in [0.4, 0.5) is 16.4 Å². The number of non-ortho nitro benzene ring substituents is 1. The number of anilines is 2. The van der Waals surface area contributed by atoms with Crippen molar-refractivity contribution in [1.29, 1.82) is 0 Å². The molecule has 3 aromatic rings. The summed E-state index contributed by atoms with van der Waals surface area (Å²) in [7, 11) is 0. The minimum absolute atomic E-state index is 0.0589. The highest BCUT2D eigenvalue weighted by Gasteiger charge is 2.26. The molecule has 2 aromatic carbocycles. The highest BCUT2D eigenvalue weighted by molar-refractivity contribution is 7.19. The number of aryl methyl sites for hydroxylation is 2. The first-order valence-corrected chi connectivity index (χ1v) is 11.8. The van der Waals surface area contributed by atoms with E-state index in [4.69, 9.17) is 4.74 Å². The highest BCUT2D eigenvalue weighted by atomic mass is 32.1. The average Bonchev–Trinajstić information content (AvgIpc) is 3.15. The molecular weight excluding hydrogens is 482 g/mol. The first-order chi connectivity index (χ1) is 17.1. The Morgan fingerprint density at radius 1 is 1.06 bits per heavy atom. The van der Waals surface area contributed by atoms with Crippen LogP contribution >= 0.6 is 11.3 Å². The van der Waals surface area contributed by atoms with E-state index >= 15 is 0 Å². The Morgan fingerprint density at radius 3 is 2.36 bits per heavy atom. The van der Waals surface area contributed by atoms with Gasteiger partial charge < -0.3 is 15.4 Å². The fourth-order valence-corrected chi connectivity index (χ4v) is 4.53. The molecule has 186 valence electrons. The lowest BCUT2D eigenvalue weighted by molar-refractivity contribution is -0.384. The van der Waals surface area contributed by atoms with Crippen LogP contribution in [-0.4, -0.2) is 29.3 Å². The number of rotatable bonds is 8. The van der Waals surface area contributed by atoms with Crippen molar-refractivity contribution in [3.8, 4) is 0 Å². The largest absolute Gasteiger partial charge is 0.462 e. The fourth-order valence-electron chi connectivity index (χ4n) is 3.43. The van der Waals surface area contributed by atoms with Crippen molar-refractivity contribution < 1.29 is 24.0 Å².